The first-order valence-electron chi connectivity index (χ1n) is 6.18. The molecule has 0 aromatic carbocycles. The fourth-order valence-corrected chi connectivity index (χ4v) is 3.89. The molecule has 0 spiro atoms. The van der Waals surface area contributed by atoms with Crippen LogP contribution in [0.5, 0.6) is 0 Å². The van der Waals surface area contributed by atoms with Crippen molar-refractivity contribution in [3.63, 3.8) is 0 Å². The largest absolute Gasteiger partial charge is 0.327 e. The fraction of sp³-hybridized carbons (Fsp3) is 0.692. The van der Waals surface area contributed by atoms with Crippen molar-refractivity contribution >= 4 is 22.9 Å². The molecule has 1 nitrogen and oxygen atoms in total. The van der Waals surface area contributed by atoms with Gasteiger partial charge in [-0.1, -0.05) is 24.9 Å². The predicted octanol–water partition coefficient (Wildman–Crippen LogP) is 4.10. The fourth-order valence-electron chi connectivity index (χ4n) is 2.71. The van der Waals surface area contributed by atoms with Crippen LogP contribution >= 0.6 is 22.9 Å². The van der Waals surface area contributed by atoms with Gasteiger partial charge in [0.05, 0.1) is 4.34 Å². The van der Waals surface area contributed by atoms with Crippen LogP contribution in [-0.4, -0.2) is 6.04 Å². The van der Waals surface area contributed by atoms with Crippen molar-refractivity contribution in [2.75, 3.05) is 0 Å². The summed E-state index contributed by atoms with van der Waals surface area (Å²) in [5.41, 5.74) is 6.22. The molecule has 1 aromatic rings. The van der Waals surface area contributed by atoms with Gasteiger partial charge in [0.25, 0.3) is 0 Å². The number of rotatable bonds is 3. The first-order valence-corrected chi connectivity index (χ1v) is 7.38. The lowest BCUT2D eigenvalue weighted by atomic mass is 9.76. The summed E-state index contributed by atoms with van der Waals surface area (Å²) >= 11 is 7.66. The molecule has 2 N–H and O–H groups in total. The van der Waals surface area contributed by atoms with Crippen LogP contribution in [0.1, 0.15) is 37.5 Å². The van der Waals surface area contributed by atoms with E-state index in [1.165, 1.54) is 30.6 Å². The molecule has 3 atom stereocenters. The Kier molecular flexibility index (Phi) is 4.28. The van der Waals surface area contributed by atoms with Crippen molar-refractivity contribution in [2.45, 2.75) is 45.1 Å². The van der Waals surface area contributed by atoms with E-state index >= 15 is 0 Å². The summed E-state index contributed by atoms with van der Waals surface area (Å²) in [6.07, 6.45) is 6.23. The average Bonchev–Trinajstić information content (AvgIpc) is 2.67. The smallest absolute Gasteiger partial charge is 0.0931 e. The Morgan fingerprint density at radius 1 is 1.44 bits per heavy atom. The maximum absolute atomic E-state index is 6.22. The third-order valence-electron chi connectivity index (χ3n) is 3.82. The molecule has 0 amide bonds. The molecule has 0 aliphatic heterocycles. The minimum Gasteiger partial charge on any atom is -0.327 e. The second-order valence-corrected chi connectivity index (χ2v) is 6.72. The summed E-state index contributed by atoms with van der Waals surface area (Å²) in [4.78, 5) is 1.39. The molecule has 1 aromatic heterocycles. The third kappa shape index (κ3) is 2.99. The number of hydrogen-bond donors (Lipinski definition) is 1. The highest BCUT2D eigenvalue weighted by molar-refractivity contribution is 7.16. The Morgan fingerprint density at radius 2 is 2.25 bits per heavy atom. The van der Waals surface area contributed by atoms with Crippen LogP contribution in [0.4, 0.5) is 0 Å². The Labute approximate surface area is 107 Å². The Balaban J connectivity index is 1.96. The second kappa shape index (κ2) is 5.52. The Morgan fingerprint density at radius 3 is 2.88 bits per heavy atom. The molecule has 2 rings (SSSR count). The zero-order valence-electron chi connectivity index (χ0n) is 9.79. The van der Waals surface area contributed by atoms with E-state index in [-0.39, 0.29) is 0 Å². The zero-order valence-corrected chi connectivity index (χ0v) is 11.4. The number of nitrogens with two attached hydrogens (primary N) is 1. The van der Waals surface area contributed by atoms with E-state index in [0.29, 0.717) is 12.0 Å². The minimum absolute atomic E-state index is 0.392. The molecule has 16 heavy (non-hydrogen) atoms. The summed E-state index contributed by atoms with van der Waals surface area (Å²) in [6, 6.07) is 4.53. The second-order valence-electron chi connectivity index (χ2n) is 4.92. The van der Waals surface area contributed by atoms with Crippen LogP contribution < -0.4 is 5.73 Å². The van der Waals surface area contributed by atoms with E-state index in [1.807, 2.05) is 6.07 Å². The van der Waals surface area contributed by atoms with E-state index in [2.05, 4.69) is 13.0 Å². The lowest BCUT2D eigenvalue weighted by Crippen LogP contribution is -2.37. The van der Waals surface area contributed by atoms with Gasteiger partial charge in [-0.25, -0.2) is 0 Å². The maximum atomic E-state index is 6.22. The monoisotopic (exact) mass is 257 g/mol. The SMILES string of the molecule is CCC1CCC(N)C(Cc2ccc(Cl)s2)C1. The number of halogens is 1. The predicted molar refractivity (Wildman–Crippen MR) is 72.1 cm³/mol. The summed E-state index contributed by atoms with van der Waals surface area (Å²) in [5, 5.41) is 0. The summed E-state index contributed by atoms with van der Waals surface area (Å²) in [7, 11) is 0. The molecule has 0 radical (unpaired) electrons. The first-order chi connectivity index (χ1) is 7.69. The Hall–Kier alpha value is -0.0500. The third-order valence-corrected chi connectivity index (χ3v) is 5.07. The molecule has 1 saturated carbocycles. The Bertz CT molecular complexity index is 336. The highest BCUT2D eigenvalue weighted by atomic mass is 35.5. The maximum Gasteiger partial charge on any atom is 0.0931 e. The van der Waals surface area contributed by atoms with E-state index in [0.717, 1.165) is 16.7 Å². The van der Waals surface area contributed by atoms with Gasteiger partial charge in [0, 0.05) is 10.9 Å². The van der Waals surface area contributed by atoms with Crippen LogP contribution in [0.25, 0.3) is 0 Å². The molecule has 3 heteroatoms. The van der Waals surface area contributed by atoms with Crippen molar-refractivity contribution < 1.29 is 0 Å². The molecule has 0 saturated heterocycles. The van der Waals surface area contributed by atoms with Gasteiger partial charge in [0.1, 0.15) is 0 Å². The van der Waals surface area contributed by atoms with Crippen molar-refractivity contribution in [1.82, 2.24) is 0 Å². The standard InChI is InChI=1S/C13H20ClNS/c1-2-9-3-5-12(15)10(7-9)8-11-4-6-13(14)16-11/h4,6,9-10,12H,2-3,5,7-8,15H2,1H3. The molecular formula is C13H20ClNS. The van der Waals surface area contributed by atoms with Crippen molar-refractivity contribution in [3.05, 3.63) is 21.3 Å². The highest BCUT2D eigenvalue weighted by Gasteiger charge is 2.27. The van der Waals surface area contributed by atoms with Crippen molar-refractivity contribution in [3.8, 4) is 0 Å². The molecule has 1 aliphatic carbocycles. The molecular weight excluding hydrogens is 238 g/mol. The molecule has 1 heterocycles. The van der Waals surface area contributed by atoms with Gasteiger partial charge in [-0.15, -0.1) is 11.3 Å². The van der Waals surface area contributed by atoms with Crippen LogP contribution in [0, 0.1) is 11.8 Å². The van der Waals surface area contributed by atoms with Crippen LogP contribution in [0.2, 0.25) is 4.34 Å². The van der Waals surface area contributed by atoms with Gasteiger partial charge < -0.3 is 5.73 Å². The highest BCUT2D eigenvalue weighted by Crippen LogP contribution is 2.34. The summed E-state index contributed by atoms with van der Waals surface area (Å²) in [5.74, 6) is 1.55. The van der Waals surface area contributed by atoms with Gasteiger partial charge in [0.2, 0.25) is 0 Å². The van der Waals surface area contributed by atoms with E-state index in [1.54, 1.807) is 11.3 Å². The lowest BCUT2D eigenvalue weighted by Gasteiger charge is -2.33. The first kappa shape index (κ1) is 12.4. The van der Waals surface area contributed by atoms with E-state index in [9.17, 15) is 0 Å². The topological polar surface area (TPSA) is 26.0 Å². The van der Waals surface area contributed by atoms with Crippen molar-refractivity contribution in [1.29, 1.82) is 0 Å². The molecule has 90 valence electrons. The lowest BCUT2D eigenvalue weighted by molar-refractivity contribution is 0.228. The normalized spacial score (nSPS) is 30.6. The van der Waals surface area contributed by atoms with Gasteiger partial charge in [0.15, 0.2) is 0 Å². The van der Waals surface area contributed by atoms with Gasteiger partial charge in [-0.3, -0.25) is 0 Å². The van der Waals surface area contributed by atoms with E-state index < -0.39 is 0 Å². The quantitative estimate of drug-likeness (QED) is 0.867. The van der Waals surface area contributed by atoms with Crippen LogP contribution in [-0.2, 0) is 6.42 Å². The van der Waals surface area contributed by atoms with Crippen LogP contribution in [0.3, 0.4) is 0 Å². The van der Waals surface area contributed by atoms with Gasteiger partial charge in [-0.2, -0.15) is 0 Å². The number of hydrogen-bond acceptors (Lipinski definition) is 2. The van der Waals surface area contributed by atoms with Gasteiger partial charge in [-0.05, 0) is 49.7 Å². The van der Waals surface area contributed by atoms with E-state index in [4.69, 9.17) is 17.3 Å². The van der Waals surface area contributed by atoms with Crippen LogP contribution in [0.15, 0.2) is 12.1 Å². The molecule has 1 fully saturated rings. The number of thiophene rings is 1. The molecule has 0 bridgehead atoms. The molecule has 3 unspecified atom stereocenters. The molecule has 1 aliphatic rings. The van der Waals surface area contributed by atoms with Crippen molar-refractivity contribution in [2.24, 2.45) is 17.6 Å². The average molecular weight is 258 g/mol. The summed E-state index contributed by atoms with van der Waals surface area (Å²) in [6.45, 7) is 2.29. The minimum atomic E-state index is 0.392. The zero-order chi connectivity index (χ0) is 11.5. The van der Waals surface area contributed by atoms with Gasteiger partial charge >= 0.3 is 0 Å². The summed E-state index contributed by atoms with van der Waals surface area (Å²) < 4.78 is 0.895.